The normalized spacial score (nSPS) is 10.0. The van der Waals surface area contributed by atoms with Crippen molar-refractivity contribution in [2.24, 2.45) is 0 Å². The van der Waals surface area contributed by atoms with Gasteiger partial charge in [0.05, 0.1) is 17.2 Å². The van der Waals surface area contributed by atoms with Crippen LogP contribution in [0.2, 0.25) is 0 Å². The highest BCUT2D eigenvalue weighted by Crippen LogP contribution is 2.30. The van der Waals surface area contributed by atoms with E-state index >= 15 is 0 Å². The smallest absolute Gasteiger partial charge is 0.274 e. The molecule has 1 amide bonds. The second kappa shape index (κ2) is 7.01. The van der Waals surface area contributed by atoms with Gasteiger partial charge in [0, 0.05) is 22.6 Å². The summed E-state index contributed by atoms with van der Waals surface area (Å²) in [6.07, 6.45) is 1.64. The number of benzene rings is 1. The summed E-state index contributed by atoms with van der Waals surface area (Å²) in [7, 11) is 0. The predicted molar refractivity (Wildman–Crippen MR) is 77.2 cm³/mol. The summed E-state index contributed by atoms with van der Waals surface area (Å²) in [5.41, 5.74) is 0.875. The molecule has 0 fully saturated rings. The molecule has 1 aromatic carbocycles. The third-order valence-corrected chi connectivity index (χ3v) is 2.99. The number of nitrogens with zero attached hydrogens (tertiary/aromatic N) is 1. The number of nitro benzene ring substituents is 1. The highest BCUT2D eigenvalue weighted by Gasteiger charge is 2.15. The first kappa shape index (κ1) is 15.3. The van der Waals surface area contributed by atoms with Crippen molar-refractivity contribution in [3.63, 3.8) is 0 Å². The zero-order valence-corrected chi connectivity index (χ0v) is 12.0. The van der Waals surface area contributed by atoms with Gasteiger partial charge in [-0.3, -0.25) is 14.9 Å². The van der Waals surface area contributed by atoms with E-state index in [-0.39, 0.29) is 18.1 Å². The maximum absolute atomic E-state index is 11.6. The van der Waals surface area contributed by atoms with Crippen molar-refractivity contribution in [2.75, 3.05) is 18.4 Å². The second-order valence-corrected chi connectivity index (χ2v) is 4.70. The van der Waals surface area contributed by atoms with Crippen LogP contribution in [0.1, 0.15) is 5.56 Å². The van der Waals surface area contributed by atoms with Crippen LogP contribution in [-0.4, -0.2) is 23.9 Å². The van der Waals surface area contributed by atoms with Gasteiger partial charge in [-0.2, -0.15) is 0 Å². The number of hydrogen-bond acceptors (Lipinski definition) is 4. The van der Waals surface area contributed by atoms with Gasteiger partial charge in [0.2, 0.25) is 5.91 Å². The zero-order chi connectivity index (χ0) is 14.4. The molecule has 19 heavy (non-hydrogen) atoms. The molecule has 0 aromatic heterocycles. The lowest BCUT2D eigenvalue weighted by Gasteiger charge is -2.09. The minimum atomic E-state index is -0.479. The van der Waals surface area contributed by atoms with E-state index < -0.39 is 4.92 Å². The topological polar surface area (TPSA) is 84.3 Å². The van der Waals surface area contributed by atoms with E-state index in [0.29, 0.717) is 22.3 Å². The Morgan fingerprint density at radius 1 is 1.58 bits per heavy atom. The Bertz CT molecular complexity index is 517. The number of aryl methyl sites for hydroxylation is 1. The number of halogens is 1. The SMILES string of the molecule is C=CCNCC(=O)Nc1cc([N+](=O)[O-])c(C)cc1Br. The molecule has 0 bridgehead atoms. The molecule has 0 saturated carbocycles. The number of nitro groups is 1. The van der Waals surface area contributed by atoms with Gasteiger partial charge < -0.3 is 10.6 Å². The third kappa shape index (κ3) is 4.46. The van der Waals surface area contributed by atoms with E-state index in [4.69, 9.17) is 0 Å². The zero-order valence-electron chi connectivity index (χ0n) is 10.4. The molecule has 0 saturated heterocycles. The maximum atomic E-state index is 11.6. The lowest BCUT2D eigenvalue weighted by molar-refractivity contribution is -0.385. The fourth-order valence-corrected chi connectivity index (χ4v) is 1.99. The van der Waals surface area contributed by atoms with Crippen LogP contribution in [0.15, 0.2) is 29.3 Å². The summed E-state index contributed by atoms with van der Waals surface area (Å²) >= 11 is 3.27. The van der Waals surface area contributed by atoms with Crippen molar-refractivity contribution in [2.45, 2.75) is 6.92 Å². The Morgan fingerprint density at radius 2 is 2.26 bits per heavy atom. The van der Waals surface area contributed by atoms with Gasteiger partial charge in [-0.25, -0.2) is 0 Å². The van der Waals surface area contributed by atoms with Crippen LogP contribution in [0.3, 0.4) is 0 Å². The minimum Gasteiger partial charge on any atom is -0.324 e. The number of hydrogen-bond donors (Lipinski definition) is 2. The van der Waals surface area contributed by atoms with E-state index in [0.717, 1.165) is 0 Å². The van der Waals surface area contributed by atoms with E-state index in [1.165, 1.54) is 6.07 Å². The molecule has 0 radical (unpaired) electrons. The van der Waals surface area contributed by atoms with E-state index in [1.54, 1.807) is 19.1 Å². The van der Waals surface area contributed by atoms with Crippen LogP contribution in [0.4, 0.5) is 11.4 Å². The summed E-state index contributed by atoms with van der Waals surface area (Å²) in [4.78, 5) is 22.0. The summed E-state index contributed by atoms with van der Waals surface area (Å²) in [6.45, 7) is 5.79. The van der Waals surface area contributed by atoms with Crippen LogP contribution in [0.5, 0.6) is 0 Å². The minimum absolute atomic E-state index is 0.0300. The van der Waals surface area contributed by atoms with E-state index in [2.05, 4.69) is 33.1 Å². The molecule has 0 aliphatic carbocycles. The van der Waals surface area contributed by atoms with Crippen molar-refractivity contribution in [3.05, 3.63) is 44.9 Å². The first-order valence-electron chi connectivity index (χ1n) is 5.51. The molecule has 7 heteroatoms. The monoisotopic (exact) mass is 327 g/mol. The van der Waals surface area contributed by atoms with E-state index in [9.17, 15) is 14.9 Å². The summed E-state index contributed by atoms with van der Waals surface area (Å²) in [6, 6.07) is 2.94. The highest BCUT2D eigenvalue weighted by atomic mass is 79.9. The molecule has 2 N–H and O–H groups in total. The molecule has 0 heterocycles. The molecule has 1 aromatic rings. The Labute approximate surface area is 119 Å². The highest BCUT2D eigenvalue weighted by molar-refractivity contribution is 9.10. The Kier molecular flexibility index (Phi) is 5.65. The predicted octanol–water partition coefficient (Wildman–Crippen LogP) is 2.38. The van der Waals surface area contributed by atoms with Crippen molar-refractivity contribution in [1.82, 2.24) is 5.32 Å². The Hall–Kier alpha value is -1.73. The van der Waals surface area contributed by atoms with Gasteiger partial charge in [-0.1, -0.05) is 6.08 Å². The standard InChI is InChI=1S/C12H14BrN3O3/c1-3-4-14-7-12(17)15-10-6-11(16(18)19)8(2)5-9(10)13/h3,5-6,14H,1,4,7H2,2H3,(H,15,17). The van der Waals surface area contributed by atoms with Gasteiger partial charge in [0.15, 0.2) is 0 Å². The summed E-state index contributed by atoms with van der Waals surface area (Å²) in [5.74, 6) is -0.277. The van der Waals surface area contributed by atoms with Gasteiger partial charge >= 0.3 is 0 Å². The number of amides is 1. The average Bonchev–Trinajstić information content (AvgIpc) is 2.32. The summed E-state index contributed by atoms with van der Waals surface area (Å²) in [5, 5.41) is 16.3. The van der Waals surface area contributed by atoms with Crippen molar-refractivity contribution >= 4 is 33.2 Å². The first-order chi connectivity index (χ1) is 8.95. The van der Waals surface area contributed by atoms with Crippen molar-refractivity contribution < 1.29 is 9.72 Å². The average molecular weight is 328 g/mol. The number of rotatable bonds is 6. The first-order valence-corrected chi connectivity index (χ1v) is 6.31. The molecule has 0 aliphatic heterocycles. The third-order valence-electron chi connectivity index (χ3n) is 2.33. The fourth-order valence-electron chi connectivity index (χ4n) is 1.44. The van der Waals surface area contributed by atoms with Crippen LogP contribution in [0, 0.1) is 17.0 Å². The second-order valence-electron chi connectivity index (χ2n) is 3.84. The lowest BCUT2D eigenvalue weighted by atomic mass is 10.2. The fraction of sp³-hybridized carbons (Fsp3) is 0.250. The van der Waals surface area contributed by atoms with Gasteiger partial charge in [-0.05, 0) is 28.9 Å². The number of carbonyl (C=O) groups is 1. The Morgan fingerprint density at radius 3 is 2.84 bits per heavy atom. The lowest BCUT2D eigenvalue weighted by Crippen LogP contribution is -2.28. The Balaban J connectivity index is 2.83. The number of anilines is 1. The molecule has 0 spiro atoms. The van der Waals surface area contributed by atoms with E-state index in [1.807, 2.05) is 0 Å². The molecular weight excluding hydrogens is 314 g/mol. The largest absolute Gasteiger partial charge is 0.324 e. The quantitative estimate of drug-likeness (QED) is 0.363. The molecule has 0 aliphatic rings. The van der Waals surface area contributed by atoms with Gasteiger partial charge in [-0.15, -0.1) is 6.58 Å². The van der Waals surface area contributed by atoms with Crippen LogP contribution in [-0.2, 0) is 4.79 Å². The molecular formula is C12H14BrN3O3. The van der Waals surface area contributed by atoms with Crippen molar-refractivity contribution in [3.8, 4) is 0 Å². The van der Waals surface area contributed by atoms with Crippen LogP contribution in [0.25, 0.3) is 0 Å². The summed E-state index contributed by atoms with van der Waals surface area (Å²) < 4.78 is 0.604. The van der Waals surface area contributed by atoms with Crippen molar-refractivity contribution in [1.29, 1.82) is 0 Å². The number of carbonyl (C=O) groups excluding carboxylic acids is 1. The van der Waals surface area contributed by atoms with Crippen LogP contribution < -0.4 is 10.6 Å². The number of nitrogens with one attached hydrogen (secondary N) is 2. The van der Waals surface area contributed by atoms with Gasteiger partial charge in [0.25, 0.3) is 5.69 Å². The maximum Gasteiger partial charge on any atom is 0.274 e. The molecule has 0 atom stereocenters. The molecule has 0 unspecified atom stereocenters. The molecule has 1 rings (SSSR count). The molecule has 102 valence electrons. The van der Waals surface area contributed by atoms with Gasteiger partial charge in [0.1, 0.15) is 0 Å². The van der Waals surface area contributed by atoms with Crippen LogP contribution >= 0.6 is 15.9 Å². The molecule has 6 nitrogen and oxygen atoms in total.